The molecule has 1 aromatic carbocycles. The summed E-state index contributed by atoms with van der Waals surface area (Å²) in [6.07, 6.45) is 3.47. The molecule has 0 aliphatic carbocycles. The number of hydrogen-bond acceptors (Lipinski definition) is 5. The standard InChI is InChI=1S/C24H24N4O3S/c1-18-14-20(15-21(17-25)24-8-3-4-9-26-24)19(2)28(18)22-6-5-7-23(16-22)32(29,30)27-10-12-31-13-11-27/h3-9,14-16H,10-13H2,1-2H3/b21-15+. The van der Waals surface area contributed by atoms with Crippen molar-refractivity contribution in [2.45, 2.75) is 18.7 Å². The van der Waals surface area contributed by atoms with Crippen molar-refractivity contribution >= 4 is 21.7 Å². The zero-order valence-corrected chi connectivity index (χ0v) is 18.8. The normalized spacial score (nSPS) is 15.5. The molecule has 1 saturated heterocycles. The number of ether oxygens (including phenoxy) is 1. The molecular formula is C24H24N4O3S. The minimum atomic E-state index is -3.59. The smallest absolute Gasteiger partial charge is 0.243 e. The Morgan fingerprint density at radius 3 is 2.59 bits per heavy atom. The Hall–Kier alpha value is -3.25. The first kappa shape index (κ1) is 22.0. The van der Waals surface area contributed by atoms with Gasteiger partial charge in [0.2, 0.25) is 10.0 Å². The Morgan fingerprint density at radius 2 is 1.91 bits per heavy atom. The maximum Gasteiger partial charge on any atom is 0.243 e. The number of sulfonamides is 1. The summed E-state index contributed by atoms with van der Waals surface area (Å²) in [7, 11) is -3.59. The van der Waals surface area contributed by atoms with Crippen LogP contribution in [0.3, 0.4) is 0 Å². The van der Waals surface area contributed by atoms with Gasteiger partial charge in [-0.25, -0.2) is 8.42 Å². The van der Waals surface area contributed by atoms with Gasteiger partial charge < -0.3 is 9.30 Å². The van der Waals surface area contributed by atoms with Gasteiger partial charge >= 0.3 is 0 Å². The third kappa shape index (κ3) is 4.23. The minimum Gasteiger partial charge on any atom is -0.379 e. The van der Waals surface area contributed by atoms with Crippen LogP contribution in [-0.4, -0.2) is 48.6 Å². The summed E-state index contributed by atoms with van der Waals surface area (Å²) in [5.41, 5.74) is 4.56. The van der Waals surface area contributed by atoms with Crippen LogP contribution in [0, 0.1) is 25.2 Å². The highest BCUT2D eigenvalue weighted by Crippen LogP contribution is 2.27. The van der Waals surface area contributed by atoms with Crippen molar-refractivity contribution in [3.63, 3.8) is 0 Å². The molecule has 1 aliphatic heterocycles. The maximum absolute atomic E-state index is 13.1. The molecule has 0 saturated carbocycles. The second-order valence-electron chi connectivity index (χ2n) is 7.56. The Balaban J connectivity index is 1.73. The van der Waals surface area contributed by atoms with Crippen molar-refractivity contribution in [3.8, 4) is 11.8 Å². The van der Waals surface area contributed by atoms with Gasteiger partial charge in [0.15, 0.2) is 0 Å². The van der Waals surface area contributed by atoms with Crippen LogP contribution in [0.25, 0.3) is 17.3 Å². The largest absolute Gasteiger partial charge is 0.379 e. The number of allylic oxidation sites excluding steroid dienone is 1. The number of morpholine rings is 1. The second kappa shape index (κ2) is 9.09. The molecule has 0 amide bonds. The third-order valence-electron chi connectivity index (χ3n) is 5.52. The third-order valence-corrected chi connectivity index (χ3v) is 7.41. The molecule has 8 heteroatoms. The topological polar surface area (TPSA) is 88.2 Å². The molecule has 4 rings (SSSR count). The number of hydrogen-bond donors (Lipinski definition) is 0. The number of aromatic nitrogens is 2. The fourth-order valence-electron chi connectivity index (χ4n) is 3.89. The van der Waals surface area contributed by atoms with E-state index in [-0.39, 0.29) is 4.90 Å². The molecule has 0 atom stereocenters. The summed E-state index contributed by atoms with van der Waals surface area (Å²) in [5.74, 6) is 0. The lowest BCUT2D eigenvalue weighted by Gasteiger charge is -2.26. The van der Waals surface area contributed by atoms with Gasteiger partial charge in [0, 0.05) is 36.4 Å². The van der Waals surface area contributed by atoms with Gasteiger partial charge in [0.05, 0.1) is 29.4 Å². The Labute approximate surface area is 188 Å². The molecule has 1 aliphatic rings. The molecule has 7 nitrogen and oxygen atoms in total. The lowest BCUT2D eigenvalue weighted by molar-refractivity contribution is 0.0730. The summed E-state index contributed by atoms with van der Waals surface area (Å²) in [4.78, 5) is 4.53. The lowest BCUT2D eigenvalue weighted by atomic mass is 10.1. The molecule has 0 bridgehead atoms. The van der Waals surface area contributed by atoms with Crippen molar-refractivity contribution < 1.29 is 13.2 Å². The van der Waals surface area contributed by atoms with Gasteiger partial charge in [-0.3, -0.25) is 4.98 Å². The number of nitriles is 1. The number of nitrogens with zero attached hydrogens (tertiary/aromatic N) is 4. The summed E-state index contributed by atoms with van der Waals surface area (Å²) in [6, 6.07) is 16.6. The van der Waals surface area contributed by atoms with Crippen LogP contribution >= 0.6 is 0 Å². The summed E-state index contributed by atoms with van der Waals surface area (Å²) in [5, 5.41) is 9.63. The SMILES string of the molecule is Cc1cc(/C=C(\C#N)c2ccccn2)c(C)n1-c1cccc(S(=O)(=O)N2CCOCC2)c1. The molecule has 32 heavy (non-hydrogen) atoms. The number of benzene rings is 1. The van der Waals surface area contributed by atoms with E-state index in [4.69, 9.17) is 4.74 Å². The Morgan fingerprint density at radius 1 is 1.12 bits per heavy atom. The van der Waals surface area contributed by atoms with Crippen molar-refractivity contribution in [1.29, 1.82) is 5.26 Å². The summed E-state index contributed by atoms with van der Waals surface area (Å²) in [6.45, 7) is 5.43. The average Bonchev–Trinajstić information content (AvgIpc) is 3.11. The van der Waals surface area contributed by atoms with Gasteiger partial charge in [-0.2, -0.15) is 9.57 Å². The van der Waals surface area contributed by atoms with E-state index in [9.17, 15) is 13.7 Å². The Bertz CT molecular complexity index is 1300. The van der Waals surface area contributed by atoms with Gasteiger partial charge in [0.1, 0.15) is 6.07 Å². The zero-order chi connectivity index (χ0) is 22.7. The first-order valence-corrected chi connectivity index (χ1v) is 11.8. The molecule has 0 radical (unpaired) electrons. The molecule has 3 heterocycles. The van der Waals surface area contributed by atoms with Gasteiger partial charge in [-0.05, 0) is 61.9 Å². The fourth-order valence-corrected chi connectivity index (χ4v) is 5.34. The van der Waals surface area contributed by atoms with E-state index in [0.29, 0.717) is 37.6 Å². The van der Waals surface area contributed by atoms with Crippen molar-refractivity contribution in [2.24, 2.45) is 0 Å². The Kier molecular flexibility index (Phi) is 6.24. The minimum absolute atomic E-state index is 0.257. The number of pyridine rings is 1. The zero-order valence-electron chi connectivity index (χ0n) is 18.0. The average molecular weight is 449 g/mol. The monoisotopic (exact) mass is 448 g/mol. The van der Waals surface area contributed by atoms with Crippen LogP contribution in [0.2, 0.25) is 0 Å². The van der Waals surface area contributed by atoms with Gasteiger partial charge in [-0.15, -0.1) is 0 Å². The predicted molar refractivity (Wildman–Crippen MR) is 123 cm³/mol. The number of rotatable bonds is 5. The fraction of sp³-hybridized carbons (Fsp3) is 0.250. The molecule has 3 aromatic rings. The molecule has 2 aromatic heterocycles. The molecule has 0 unspecified atom stereocenters. The highest BCUT2D eigenvalue weighted by molar-refractivity contribution is 7.89. The van der Waals surface area contributed by atoms with Crippen LogP contribution in [-0.2, 0) is 14.8 Å². The van der Waals surface area contributed by atoms with Crippen LogP contribution in [0.4, 0.5) is 0 Å². The van der Waals surface area contributed by atoms with Crippen LogP contribution in [0.5, 0.6) is 0 Å². The van der Waals surface area contributed by atoms with Gasteiger partial charge in [-0.1, -0.05) is 12.1 Å². The predicted octanol–water partition coefficient (Wildman–Crippen LogP) is 3.57. The molecule has 0 spiro atoms. The van der Waals surface area contributed by atoms with Crippen molar-refractivity contribution in [1.82, 2.24) is 13.9 Å². The first-order valence-electron chi connectivity index (χ1n) is 10.3. The maximum atomic E-state index is 13.1. The lowest BCUT2D eigenvalue weighted by Crippen LogP contribution is -2.40. The quantitative estimate of drug-likeness (QED) is 0.557. The van der Waals surface area contributed by atoms with Crippen molar-refractivity contribution in [3.05, 3.63) is 77.4 Å². The van der Waals surface area contributed by atoms with E-state index in [2.05, 4.69) is 11.1 Å². The van der Waals surface area contributed by atoms with E-state index in [1.807, 2.05) is 48.8 Å². The van der Waals surface area contributed by atoms with Crippen molar-refractivity contribution in [2.75, 3.05) is 26.3 Å². The van der Waals surface area contributed by atoms with Crippen LogP contribution < -0.4 is 0 Å². The first-order chi connectivity index (χ1) is 15.4. The highest BCUT2D eigenvalue weighted by atomic mass is 32.2. The van der Waals surface area contributed by atoms with E-state index in [1.165, 1.54) is 4.31 Å². The van der Waals surface area contributed by atoms with Gasteiger partial charge in [0.25, 0.3) is 0 Å². The summed E-state index contributed by atoms with van der Waals surface area (Å²) < 4.78 is 34.9. The number of aryl methyl sites for hydroxylation is 1. The molecule has 0 N–H and O–H groups in total. The molecule has 1 fully saturated rings. The van der Waals surface area contributed by atoms with E-state index >= 15 is 0 Å². The summed E-state index contributed by atoms with van der Waals surface area (Å²) >= 11 is 0. The highest BCUT2D eigenvalue weighted by Gasteiger charge is 2.26. The van der Waals surface area contributed by atoms with Crippen LogP contribution in [0.15, 0.2) is 59.6 Å². The molecule has 164 valence electrons. The second-order valence-corrected chi connectivity index (χ2v) is 9.50. The van der Waals surface area contributed by atoms with Crippen LogP contribution in [0.1, 0.15) is 22.6 Å². The van der Waals surface area contributed by atoms with E-state index in [0.717, 1.165) is 22.6 Å². The van der Waals surface area contributed by atoms with E-state index < -0.39 is 10.0 Å². The van der Waals surface area contributed by atoms with E-state index in [1.54, 1.807) is 30.5 Å². The molecular weight excluding hydrogens is 424 g/mol.